The number of nitrogens with zero attached hydrogens (tertiary/aromatic N) is 1. The van der Waals surface area contributed by atoms with Crippen LogP contribution in [0.15, 0.2) is 42.5 Å². The number of hydrogen-bond donors (Lipinski definition) is 1. The van der Waals surface area contributed by atoms with Gasteiger partial charge in [-0.1, -0.05) is 12.1 Å². The summed E-state index contributed by atoms with van der Waals surface area (Å²) < 4.78 is 5.64. The molecular formula is C16H18N2O3. The molecule has 110 valence electrons. The second kappa shape index (κ2) is 6.74. The molecule has 2 N–H and O–H groups in total. The highest BCUT2D eigenvalue weighted by atomic mass is 16.6. The molecule has 0 atom stereocenters. The predicted molar refractivity (Wildman–Crippen MR) is 82.5 cm³/mol. The van der Waals surface area contributed by atoms with Crippen molar-refractivity contribution in [1.29, 1.82) is 0 Å². The lowest BCUT2D eigenvalue weighted by atomic mass is 10.1. The fourth-order valence-electron chi connectivity index (χ4n) is 2.00. The molecule has 0 spiro atoms. The maximum atomic E-state index is 10.7. The van der Waals surface area contributed by atoms with E-state index >= 15 is 0 Å². The first-order valence-corrected chi connectivity index (χ1v) is 6.78. The van der Waals surface area contributed by atoms with Crippen LogP contribution in [-0.4, -0.2) is 11.5 Å². The van der Waals surface area contributed by atoms with Crippen molar-refractivity contribution in [1.82, 2.24) is 0 Å². The van der Waals surface area contributed by atoms with Crippen LogP contribution in [0, 0.1) is 17.0 Å². The first-order valence-electron chi connectivity index (χ1n) is 6.78. The van der Waals surface area contributed by atoms with Gasteiger partial charge < -0.3 is 10.5 Å². The lowest BCUT2D eigenvalue weighted by molar-refractivity contribution is -0.384. The molecule has 0 saturated heterocycles. The Kier molecular flexibility index (Phi) is 4.77. The molecule has 5 nitrogen and oxygen atoms in total. The van der Waals surface area contributed by atoms with Crippen molar-refractivity contribution >= 4 is 11.4 Å². The average Bonchev–Trinajstić information content (AvgIpc) is 2.47. The number of aryl methyl sites for hydroxylation is 2. The molecule has 0 aromatic heterocycles. The fraction of sp³-hybridized carbons (Fsp3) is 0.250. The standard InChI is InChI=1S/C16H18N2O3/c1-12-4-9-15(18(19)20)11-16(12)21-10-2-3-13-5-7-14(17)8-6-13/h4-9,11H,2-3,10,17H2,1H3. The number of nitro groups is 1. The molecule has 0 amide bonds. The zero-order valence-corrected chi connectivity index (χ0v) is 11.9. The van der Waals surface area contributed by atoms with Crippen LogP contribution in [0.1, 0.15) is 17.5 Å². The Bertz CT molecular complexity index is 624. The highest BCUT2D eigenvalue weighted by Crippen LogP contribution is 2.24. The third-order valence-electron chi connectivity index (χ3n) is 3.23. The second-order valence-corrected chi connectivity index (χ2v) is 4.90. The van der Waals surface area contributed by atoms with Crippen LogP contribution in [0.5, 0.6) is 5.75 Å². The Morgan fingerprint density at radius 2 is 1.90 bits per heavy atom. The monoisotopic (exact) mass is 286 g/mol. The molecule has 0 aliphatic carbocycles. The largest absolute Gasteiger partial charge is 0.493 e. The summed E-state index contributed by atoms with van der Waals surface area (Å²) in [7, 11) is 0. The molecule has 5 heteroatoms. The maximum Gasteiger partial charge on any atom is 0.273 e. The number of rotatable bonds is 6. The summed E-state index contributed by atoms with van der Waals surface area (Å²) in [6.07, 6.45) is 1.72. The van der Waals surface area contributed by atoms with Crippen molar-refractivity contribution in [2.45, 2.75) is 19.8 Å². The van der Waals surface area contributed by atoms with Crippen LogP contribution < -0.4 is 10.5 Å². The van der Waals surface area contributed by atoms with E-state index < -0.39 is 4.92 Å². The van der Waals surface area contributed by atoms with Gasteiger partial charge in [0.25, 0.3) is 5.69 Å². The van der Waals surface area contributed by atoms with Crippen LogP contribution in [0.25, 0.3) is 0 Å². The molecule has 0 unspecified atom stereocenters. The van der Waals surface area contributed by atoms with Gasteiger partial charge in [-0.3, -0.25) is 10.1 Å². The van der Waals surface area contributed by atoms with Crippen molar-refractivity contribution in [3.8, 4) is 5.75 Å². The minimum atomic E-state index is -0.416. The van der Waals surface area contributed by atoms with E-state index in [0.717, 1.165) is 24.1 Å². The average molecular weight is 286 g/mol. The number of ether oxygens (including phenoxy) is 1. The number of anilines is 1. The first-order chi connectivity index (χ1) is 10.1. The second-order valence-electron chi connectivity index (χ2n) is 4.90. The van der Waals surface area contributed by atoms with Gasteiger partial charge in [0.1, 0.15) is 5.75 Å². The Hall–Kier alpha value is -2.56. The normalized spacial score (nSPS) is 10.3. The lowest BCUT2D eigenvalue weighted by Crippen LogP contribution is -2.01. The van der Waals surface area contributed by atoms with E-state index in [4.69, 9.17) is 10.5 Å². The van der Waals surface area contributed by atoms with Crippen LogP contribution in [0.4, 0.5) is 11.4 Å². The Morgan fingerprint density at radius 3 is 2.57 bits per heavy atom. The molecule has 2 rings (SSSR count). The van der Waals surface area contributed by atoms with Gasteiger partial charge in [-0.15, -0.1) is 0 Å². The highest BCUT2D eigenvalue weighted by molar-refractivity contribution is 5.43. The van der Waals surface area contributed by atoms with Crippen LogP contribution >= 0.6 is 0 Å². The van der Waals surface area contributed by atoms with Crippen molar-refractivity contribution in [2.24, 2.45) is 0 Å². The van der Waals surface area contributed by atoms with Gasteiger partial charge in [-0.2, -0.15) is 0 Å². The summed E-state index contributed by atoms with van der Waals surface area (Å²) in [6.45, 7) is 2.39. The molecule has 21 heavy (non-hydrogen) atoms. The Morgan fingerprint density at radius 1 is 1.19 bits per heavy atom. The number of non-ortho nitro benzene ring substituents is 1. The summed E-state index contributed by atoms with van der Waals surface area (Å²) in [5, 5.41) is 10.7. The lowest BCUT2D eigenvalue weighted by Gasteiger charge is -2.09. The summed E-state index contributed by atoms with van der Waals surface area (Å²) in [4.78, 5) is 10.3. The molecule has 0 heterocycles. The van der Waals surface area contributed by atoms with E-state index in [1.54, 1.807) is 6.07 Å². The summed E-state index contributed by atoms with van der Waals surface area (Å²) in [6, 6.07) is 12.4. The molecule has 0 aliphatic rings. The van der Waals surface area contributed by atoms with Crippen molar-refractivity contribution < 1.29 is 9.66 Å². The molecule has 0 saturated carbocycles. The molecule has 2 aromatic rings. The highest BCUT2D eigenvalue weighted by Gasteiger charge is 2.09. The third kappa shape index (κ3) is 4.21. The molecule has 2 aromatic carbocycles. The maximum absolute atomic E-state index is 10.7. The third-order valence-corrected chi connectivity index (χ3v) is 3.23. The van der Waals surface area contributed by atoms with Gasteiger partial charge in [0, 0.05) is 11.8 Å². The quantitative estimate of drug-likeness (QED) is 0.381. The first kappa shape index (κ1) is 14.8. The Balaban J connectivity index is 1.87. The number of nitrogen functional groups attached to an aromatic ring is 1. The number of nitro benzene ring substituents is 1. The zero-order chi connectivity index (χ0) is 15.2. The van der Waals surface area contributed by atoms with Crippen LogP contribution in [0.3, 0.4) is 0 Å². The minimum absolute atomic E-state index is 0.0501. The predicted octanol–water partition coefficient (Wildman–Crippen LogP) is 3.50. The molecule has 0 bridgehead atoms. The van der Waals surface area contributed by atoms with E-state index in [2.05, 4.69) is 0 Å². The smallest absolute Gasteiger partial charge is 0.273 e. The fourth-order valence-corrected chi connectivity index (χ4v) is 2.00. The van der Waals surface area contributed by atoms with Crippen molar-refractivity contribution in [3.05, 3.63) is 63.7 Å². The molecule has 0 fully saturated rings. The minimum Gasteiger partial charge on any atom is -0.493 e. The molecular weight excluding hydrogens is 268 g/mol. The van der Waals surface area contributed by atoms with Gasteiger partial charge in [0.05, 0.1) is 17.6 Å². The topological polar surface area (TPSA) is 78.4 Å². The summed E-state index contributed by atoms with van der Waals surface area (Å²) in [5.41, 5.74) is 8.53. The van der Waals surface area contributed by atoms with Gasteiger partial charge in [0.15, 0.2) is 0 Å². The number of nitrogens with two attached hydrogens (primary N) is 1. The number of benzene rings is 2. The van der Waals surface area contributed by atoms with E-state index in [-0.39, 0.29) is 5.69 Å². The summed E-state index contributed by atoms with van der Waals surface area (Å²) in [5.74, 6) is 0.571. The SMILES string of the molecule is Cc1ccc([N+](=O)[O-])cc1OCCCc1ccc(N)cc1. The Labute approximate surface area is 123 Å². The molecule has 0 radical (unpaired) electrons. The van der Waals surface area contributed by atoms with Gasteiger partial charge >= 0.3 is 0 Å². The van der Waals surface area contributed by atoms with Crippen LogP contribution in [-0.2, 0) is 6.42 Å². The van der Waals surface area contributed by atoms with Crippen molar-refractivity contribution in [2.75, 3.05) is 12.3 Å². The van der Waals surface area contributed by atoms with Crippen LogP contribution in [0.2, 0.25) is 0 Å². The van der Waals surface area contributed by atoms with Gasteiger partial charge in [-0.05, 0) is 49.1 Å². The van der Waals surface area contributed by atoms with Crippen molar-refractivity contribution in [3.63, 3.8) is 0 Å². The summed E-state index contributed by atoms with van der Waals surface area (Å²) >= 11 is 0. The van der Waals surface area contributed by atoms with Gasteiger partial charge in [-0.25, -0.2) is 0 Å². The zero-order valence-electron chi connectivity index (χ0n) is 11.9. The number of hydrogen-bond acceptors (Lipinski definition) is 4. The molecule has 0 aliphatic heterocycles. The van der Waals surface area contributed by atoms with Gasteiger partial charge in [0.2, 0.25) is 0 Å². The van der Waals surface area contributed by atoms with E-state index in [9.17, 15) is 10.1 Å². The van der Waals surface area contributed by atoms with E-state index in [0.29, 0.717) is 12.4 Å². The van der Waals surface area contributed by atoms with E-state index in [1.165, 1.54) is 17.7 Å². The van der Waals surface area contributed by atoms with E-state index in [1.807, 2.05) is 31.2 Å².